The molecule has 0 radical (unpaired) electrons. The zero-order chi connectivity index (χ0) is 24.9. The topological polar surface area (TPSA) is 86.1 Å². The molecule has 35 heavy (non-hydrogen) atoms. The van der Waals surface area contributed by atoms with Crippen molar-refractivity contribution < 1.29 is 14.3 Å². The van der Waals surface area contributed by atoms with Gasteiger partial charge in [-0.1, -0.05) is 42.4 Å². The maximum Gasteiger partial charge on any atom is 0.341 e. The fourth-order valence-corrected chi connectivity index (χ4v) is 6.18. The summed E-state index contributed by atoms with van der Waals surface area (Å²) in [4.78, 5) is 26.6. The number of esters is 1. The van der Waals surface area contributed by atoms with Crippen LogP contribution in [0.2, 0.25) is 5.02 Å². The molecule has 0 unspecified atom stereocenters. The van der Waals surface area contributed by atoms with Gasteiger partial charge in [-0.3, -0.25) is 4.79 Å². The molecule has 3 aromatic heterocycles. The number of nitrogens with one attached hydrogen (secondary N) is 1. The highest BCUT2D eigenvalue weighted by atomic mass is 35.5. The minimum atomic E-state index is -0.517. The lowest BCUT2D eigenvalue weighted by Crippen LogP contribution is -2.16. The van der Waals surface area contributed by atoms with E-state index >= 15 is 0 Å². The molecule has 0 aliphatic carbocycles. The summed E-state index contributed by atoms with van der Waals surface area (Å²) in [5, 5.41) is 17.1. The first-order valence-electron chi connectivity index (χ1n) is 10.8. The predicted molar refractivity (Wildman–Crippen MR) is 144 cm³/mol. The van der Waals surface area contributed by atoms with Gasteiger partial charge in [-0.25, -0.2) is 4.79 Å². The fourth-order valence-electron chi connectivity index (χ4n) is 3.47. The van der Waals surface area contributed by atoms with Crippen LogP contribution >= 0.6 is 46.0 Å². The first-order valence-corrected chi connectivity index (χ1v) is 14.0. The van der Waals surface area contributed by atoms with Gasteiger partial charge in [0.05, 0.1) is 12.9 Å². The third-order valence-corrected chi connectivity index (χ3v) is 8.41. The second-order valence-electron chi connectivity index (χ2n) is 7.39. The van der Waals surface area contributed by atoms with Crippen LogP contribution in [-0.4, -0.2) is 39.5 Å². The normalized spacial score (nSPS) is 11.0. The van der Waals surface area contributed by atoms with Crippen molar-refractivity contribution in [2.24, 2.45) is 0 Å². The van der Waals surface area contributed by atoms with Crippen LogP contribution < -0.4 is 5.32 Å². The summed E-state index contributed by atoms with van der Waals surface area (Å²) in [7, 11) is 1.32. The molecule has 7 nitrogen and oxygen atoms in total. The molecule has 0 saturated heterocycles. The van der Waals surface area contributed by atoms with Gasteiger partial charge in [0, 0.05) is 38.3 Å². The summed E-state index contributed by atoms with van der Waals surface area (Å²) in [6.45, 7) is 4.83. The number of aryl methyl sites for hydroxylation is 1. The molecule has 1 aromatic carbocycles. The Balaban J connectivity index is 1.49. The number of thiophene rings is 2. The van der Waals surface area contributed by atoms with Crippen molar-refractivity contribution in [1.29, 1.82) is 0 Å². The molecular weight excluding hydrogens is 524 g/mol. The molecule has 0 aliphatic heterocycles. The fraction of sp³-hybridized carbons (Fsp3) is 0.250. The van der Waals surface area contributed by atoms with Crippen molar-refractivity contribution in [3.8, 4) is 22.5 Å². The number of carbonyl (C=O) groups is 2. The summed E-state index contributed by atoms with van der Waals surface area (Å²) in [6, 6.07) is 9.28. The molecule has 0 spiro atoms. The molecule has 1 N–H and O–H groups in total. The van der Waals surface area contributed by atoms with Gasteiger partial charge in [-0.2, -0.15) is 0 Å². The Morgan fingerprint density at radius 1 is 1.11 bits per heavy atom. The molecule has 4 rings (SSSR count). The third kappa shape index (κ3) is 5.61. The smallest absolute Gasteiger partial charge is 0.341 e. The zero-order valence-electron chi connectivity index (χ0n) is 19.3. The molecule has 1 amide bonds. The lowest BCUT2D eigenvalue weighted by atomic mass is 10.0. The van der Waals surface area contributed by atoms with Crippen LogP contribution in [0, 0.1) is 0 Å². The number of nitrogens with zero attached hydrogens (tertiary/aromatic N) is 3. The second kappa shape index (κ2) is 11.4. The van der Waals surface area contributed by atoms with Crippen molar-refractivity contribution in [2.75, 3.05) is 18.2 Å². The van der Waals surface area contributed by atoms with Crippen molar-refractivity contribution in [2.45, 2.75) is 32.0 Å². The number of halogens is 1. The van der Waals surface area contributed by atoms with Crippen molar-refractivity contribution in [3.05, 3.63) is 56.6 Å². The van der Waals surface area contributed by atoms with Crippen LogP contribution in [0.3, 0.4) is 0 Å². The van der Waals surface area contributed by atoms with Gasteiger partial charge < -0.3 is 14.6 Å². The lowest BCUT2D eigenvalue weighted by Gasteiger charge is -2.09. The number of thioether (sulfide) groups is 1. The molecule has 0 saturated carbocycles. The number of carbonyl (C=O) groups excluding carboxylic acids is 2. The molecule has 3 heterocycles. The highest BCUT2D eigenvalue weighted by Crippen LogP contribution is 2.37. The Hall–Kier alpha value is -2.66. The average molecular weight is 547 g/mol. The molecule has 0 aliphatic rings. The number of hydrogen-bond donors (Lipinski definition) is 1. The van der Waals surface area contributed by atoms with E-state index in [9.17, 15) is 9.59 Å². The van der Waals surface area contributed by atoms with Gasteiger partial charge >= 0.3 is 5.97 Å². The van der Waals surface area contributed by atoms with Crippen LogP contribution in [0.4, 0.5) is 5.00 Å². The summed E-state index contributed by atoms with van der Waals surface area (Å²) in [5.74, 6) is 0.152. The van der Waals surface area contributed by atoms with Gasteiger partial charge in [-0.05, 0) is 37.1 Å². The van der Waals surface area contributed by atoms with E-state index in [0.717, 1.165) is 23.4 Å². The maximum absolute atomic E-state index is 12.8. The molecule has 0 bridgehead atoms. The lowest BCUT2D eigenvalue weighted by molar-refractivity contribution is -0.113. The molecule has 0 atom stereocenters. The molecule has 4 aromatic rings. The standard InChI is InChI=1S/C24H23ClN4O3S3/c1-4-17-10-15(11-33-17)21-27-28-24(29(21)5-2)35-13-19(30)26-22-20(23(31)32-3)18(12-34-22)14-6-8-16(25)9-7-14/h6-12H,4-5,13H2,1-3H3,(H,26,30). The van der Waals surface area contributed by atoms with Crippen molar-refractivity contribution >= 4 is 62.9 Å². The number of hydrogen-bond acceptors (Lipinski definition) is 8. The molecule has 182 valence electrons. The monoisotopic (exact) mass is 546 g/mol. The Kier molecular flexibility index (Phi) is 8.27. The Morgan fingerprint density at radius 2 is 1.89 bits per heavy atom. The Bertz CT molecular complexity index is 1340. The minimum Gasteiger partial charge on any atom is -0.465 e. The van der Waals surface area contributed by atoms with Crippen LogP contribution in [-0.2, 0) is 22.5 Å². The van der Waals surface area contributed by atoms with Crippen LogP contribution in [0.5, 0.6) is 0 Å². The van der Waals surface area contributed by atoms with E-state index in [1.807, 2.05) is 29.0 Å². The van der Waals surface area contributed by atoms with E-state index in [-0.39, 0.29) is 11.7 Å². The Morgan fingerprint density at radius 3 is 2.54 bits per heavy atom. The van der Waals surface area contributed by atoms with Gasteiger partial charge in [0.1, 0.15) is 10.6 Å². The number of aromatic nitrogens is 3. The maximum atomic E-state index is 12.8. The van der Waals surface area contributed by atoms with Crippen molar-refractivity contribution in [1.82, 2.24) is 14.8 Å². The van der Waals surface area contributed by atoms with E-state index in [0.29, 0.717) is 32.9 Å². The van der Waals surface area contributed by atoms with Gasteiger partial charge in [0.15, 0.2) is 11.0 Å². The number of rotatable bonds is 9. The Labute approximate surface area is 220 Å². The molecular formula is C24H23ClN4O3S3. The van der Waals surface area contributed by atoms with E-state index in [4.69, 9.17) is 16.3 Å². The first kappa shape index (κ1) is 25.4. The van der Waals surface area contributed by atoms with Gasteiger partial charge in [-0.15, -0.1) is 32.9 Å². The number of anilines is 1. The zero-order valence-corrected chi connectivity index (χ0v) is 22.5. The van der Waals surface area contributed by atoms with Crippen LogP contribution in [0.25, 0.3) is 22.5 Å². The summed E-state index contributed by atoms with van der Waals surface area (Å²) < 4.78 is 6.98. The highest BCUT2D eigenvalue weighted by molar-refractivity contribution is 7.99. The SMILES string of the molecule is CCc1cc(-c2nnc(SCC(=O)Nc3scc(-c4ccc(Cl)cc4)c3C(=O)OC)n2CC)cs1. The van der Waals surface area contributed by atoms with E-state index in [1.165, 1.54) is 35.1 Å². The molecule has 0 fully saturated rings. The number of ether oxygens (including phenoxy) is 1. The average Bonchev–Trinajstić information content (AvgIpc) is 3.60. The van der Waals surface area contributed by atoms with Gasteiger partial charge in [0.25, 0.3) is 0 Å². The number of amides is 1. The van der Waals surface area contributed by atoms with E-state index in [1.54, 1.807) is 23.5 Å². The van der Waals surface area contributed by atoms with E-state index < -0.39 is 5.97 Å². The predicted octanol–water partition coefficient (Wildman–Crippen LogP) is 6.49. The number of methoxy groups -OCH3 is 1. The number of benzene rings is 1. The second-order valence-corrected chi connectivity index (χ2v) is 10.6. The summed E-state index contributed by atoms with van der Waals surface area (Å²) in [5.41, 5.74) is 2.85. The van der Waals surface area contributed by atoms with Crippen molar-refractivity contribution in [3.63, 3.8) is 0 Å². The minimum absolute atomic E-state index is 0.122. The van der Waals surface area contributed by atoms with Gasteiger partial charge in [0.2, 0.25) is 5.91 Å². The largest absolute Gasteiger partial charge is 0.465 e. The highest BCUT2D eigenvalue weighted by Gasteiger charge is 2.23. The van der Waals surface area contributed by atoms with Crippen LogP contribution in [0.1, 0.15) is 29.1 Å². The van der Waals surface area contributed by atoms with Crippen LogP contribution in [0.15, 0.2) is 46.2 Å². The molecule has 11 heteroatoms. The third-order valence-electron chi connectivity index (χ3n) is 5.21. The summed E-state index contributed by atoms with van der Waals surface area (Å²) >= 11 is 10.3. The first-order chi connectivity index (χ1) is 16.9. The van der Waals surface area contributed by atoms with E-state index in [2.05, 4.69) is 33.9 Å². The summed E-state index contributed by atoms with van der Waals surface area (Å²) in [6.07, 6.45) is 0.975. The quantitative estimate of drug-likeness (QED) is 0.191.